The lowest BCUT2D eigenvalue weighted by Crippen LogP contribution is -2.49. The smallest absolute Gasteiger partial charge is 0.230 e. The summed E-state index contributed by atoms with van der Waals surface area (Å²) in [5.41, 5.74) is -0.476. The van der Waals surface area contributed by atoms with Crippen molar-refractivity contribution in [1.29, 1.82) is 0 Å². The summed E-state index contributed by atoms with van der Waals surface area (Å²) in [6.07, 6.45) is 3.41. The van der Waals surface area contributed by atoms with Gasteiger partial charge in [-0.1, -0.05) is 20.8 Å². The summed E-state index contributed by atoms with van der Waals surface area (Å²) in [7, 11) is 0. The van der Waals surface area contributed by atoms with Crippen molar-refractivity contribution in [2.75, 3.05) is 0 Å². The van der Waals surface area contributed by atoms with Crippen molar-refractivity contribution in [3.05, 3.63) is 0 Å². The van der Waals surface area contributed by atoms with Gasteiger partial charge in [0.1, 0.15) is 5.60 Å². The number of amides is 2. The van der Waals surface area contributed by atoms with Gasteiger partial charge < -0.3 is 4.74 Å². The lowest BCUT2D eigenvalue weighted by atomic mass is 9.81. The van der Waals surface area contributed by atoms with Crippen molar-refractivity contribution in [1.82, 2.24) is 4.90 Å². The number of imide groups is 1. The van der Waals surface area contributed by atoms with Gasteiger partial charge in [0.15, 0.2) is 0 Å². The molecule has 4 heteroatoms. The highest BCUT2D eigenvalue weighted by atomic mass is 16.6. The van der Waals surface area contributed by atoms with Gasteiger partial charge in [0.2, 0.25) is 11.8 Å². The third-order valence-corrected chi connectivity index (χ3v) is 4.93. The highest BCUT2D eigenvalue weighted by molar-refractivity contribution is 6.02. The van der Waals surface area contributed by atoms with E-state index in [-0.39, 0.29) is 29.1 Å². The number of ether oxygens (including phenoxy) is 1. The number of likely N-dealkylation sites (tertiary alicyclic amines) is 1. The quantitative estimate of drug-likeness (QED) is 0.558. The zero-order valence-electron chi connectivity index (χ0n) is 11.8. The van der Waals surface area contributed by atoms with Crippen LogP contribution in [0.25, 0.3) is 0 Å². The summed E-state index contributed by atoms with van der Waals surface area (Å²) >= 11 is 0. The van der Waals surface area contributed by atoms with E-state index in [1.165, 1.54) is 4.90 Å². The summed E-state index contributed by atoms with van der Waals surface area (Å²) in [5, 5.41) is 0. The predicted octanol–water partition coefficient (Wildman–Crippen LogP) is 2.26. The maximum absolute atomic E-state index is 11.9. The van der Waals surface area contributed by atoms with Gasteiger partial charge >= 0.3 is 0 Å². The lowest BCUT2D eigenvalue weighted by Gasteiger charge is -2.30. The average Bonchev–Trinajstić information content (AvgIpc) is 2.95. The first-order chi connectivity index (χ1) is 8.48. The van der Waals surface area contributed by atoms with Gasteiger partial charge in [-0.3, -0.25) is 14.5 Å². The largest absolute Gasteiger partial charge is 0.360 e. The Labute approximate surface area is 109 Å². The van der Waals surface area contributed by atoms with E-state index in [0.29, 0.717) is 12.8 Å². The average molecular weight is 253 g/mol. The Bertz CT molecular complexity index is 359. The molecule has 4 nitrogen and oxygen atoms in total. The zero-order chi connectivity index (χ0) is 13.6. The van der Waals surface area contributed by atoms with E-state index in [1.54, 1.807) is 0 Å². The molecular weight excluding hydrogens is 230 g/mol. The normalized spacial score (nSPS) is 31.9. The Hall–Kier alpha value is -0.900. The van der Waals surface area contributed by atoms with Gasteiger partial charge in [-0.25, -0.2) is 0 Å². The minimum absolute atomic E-state index is 0.0445. The van der Waals surface area contributed by atoms with Gasteiger partial charge in [0.05, 0.1) is 11.6 Å². The van der Waals surface area contributed by atoms with Gasteiger partial charge in [-0.2, -0.15) is 0 Å². The number of hydrogen-bond donors (Lipinski definition) is 0. The van der Waals surface area contributed by atoms with Crippen LogP contribution < -0.4 is 0 Å². The Morgan fingerprint density at radius 3 is 1.94 bits per heavy atom. The van der Waals surface area contributed by atoms with E-state index in [4.69, 9.17) is 4.74 Å². The van der Waals surface area contributed by atoms with Crippen molar-refractivity contribution < 1.29 is 14.3 Å². The Morgan fingerprint density at radius 1 is 1.11 bits per heavy atom. The second-order valence-corrected chi connectivity index (χ2v) is 5.38. The van der Waals surface area contributed by atoms with E-state index >= 15 is 0 Å². The molecular formula is C14H23NO3. The molecule has 2 heterocycles. The van der Waals surface area contributed by atoms with Gasteiger partial charge in [-0.05, 0) is 26.2 Å². The van der Waals surface area contributed by atoms with Crippen LogP contribution in [-0.4, -0.2) is 34.0 Å². The molecule has 2 atom stereocenters. The zero-order valence-corrected chi connectivity index (χ0v) is 11.8. The number of carbonyl (C=O) groups excluding carboxylic acids is 2. The van der Waals surface area contributed by atoms with Crippen LogP contribution in [0.2, 0.25) is 0 Å². The van der Waals surface area contributed by atoms with Crippen molar-refractivity contribution in [2.45, 2.75) is 77.0 Å². The van der Waals surface area contributed by atoms with E-state index in [1.807, 2.05) is 6.92 Å². The molecule has 2 aliphatic heterocycles. The molecule has 0 aromatic carbocycles. The van der Waals surface area contributed by atoms with Crippen LogP contribution in [-0.2, 0) is 14.3 Å². The fraction of sp³-hybridized carbons (Fsp3) is 0.857. The number of rotatable bonds is 5. The summed E-state index contributed by atoms with van der Waals surface area (Å²) in [6, 6.07) is -0.148. The number of hydrogen-bond acceptors (Lipinski definition) is 3. The molecule has 2 rings (SSSR count). The lowest BCUT2D eigenvalue weighted by molar-refractivity contribution is -0.142. The summed E-state index contributed by atoms with van der Waals surface area (Å²) in [6.45, 7) is 8.26. The first-order valence-electron chi connectivity index (χ1n) is 7.03. The monoisotopic (exact) mass is 253 g/mol. The third kappa shape index (κ3) is 1.54. The van der Waals surface area contributed by atoms with Crippen LogP contribution in [0.15, 0.2) is 0 Å². The van der Waals surface area contributed by atoms with Crippen LogP contribution in [0.1, 0.15) is 59.8 Å². The van der Waals surface area contributed by atoms with Crippen molar-refractivity contribution >= 4 is 11.8 Å². The van der Waals surface area contributed by atoms with Crippen LogP contribution in [0, 0.1) is 0 Å². The van der Waals surface area contributed by atoms with Gasteiger partial charge in [0.25, 0.3) is 0 Å². The van der Waals surface area contributed by atoms with Crippen molar-refractivity contribution in [3.8, 4) is 0 Å². The maximum atomic E-state index is 11.9. The molecule has 2 fully saturated rings. The predicted molar refractivity (Wildman–Crippen MR) is 68.0 cm³/mol. The fourth-order valence-corrected chi connectivity index (χ4v) is 3.71. The molecule has 0 bridgehead atoms. The van der Waals surface area contributed by atoms with E-state index in [2.05, 4.69) is 20.8 Å². The first-order valence-corrected chi connectivity index (χ1v) is 7.03. The number of nitrogens with zero attached hydrogens (tertiary/aromatic N) is 1. The van der Waals surface area contributed by atoms with Crippen LogP contribution in [0.4, 0.5) is 0 Å². The number of epoxide rings is 1. The Balaban J connectivity index is 2.25. The van der Waals surface area contributed by atoms with E-state index in [9.17, 15) is 9.59 Å². The molecule has 0 N–H and O–H groups in total. The molecule has 0 aromatic heterocycles. The topological polar surface area (TPSA) is 49.9 Å². The van der Waals surface area contributed by atoms with Crippen molar-refractivity contribution in [2.24, 2.45) is 0 Å². The molecule has 18 heavy (non-hydrogen) atoms. The Kier molecular flexibility index (Phi) is 3.26. The fourth-order valence-electron chi connectivity index (χ4n) is 3.71. The summed E-state index contributed by atoms with van der Waals surface area (Å²) in [5.74, 6) is -0.0890. The minimum Gasteiger partial charge on any atom is -0.360 e. The molecule has 0 spiro atoms. The molecule has 2 amide bonds. The van der Waals surface area contributed by atoms with E-state index in [0.717, 1.165) is 19.3 Å². The molecule has 0 aromatic rings. The second-order valence-electron chi connectivity index (χ2n) is 5.38. The molecule has 2 unspecified atom stereocenters. The highest BCUT2D eigenvalue weighted by Crippen LogP contribution is 2.58. The molecule has 0 radical (unpaired) electrons. The second kappa shape index (κ2) is 4.34. The maximum Gasteiger partial charge on any atom is 0.230 e. The SMILES string of the molecule is CCC1(CC)OC1(CC)C(C)N1C(=O)CCC1=O. The molecule has 102 valence electrons. The molecule has 2 aliphatic rings. The molecule has 0 aliphatic carbocycles. The number of carbonyl (C=O) groups is 2. The first kappa shape index (κ1) is 13.5. The standard InChI is InChI=1S/C14H23NO3/c1-5-13(6-2)14(7-3,18-13)10(4)15-11(16)8-9-12(15)17/h10H,5-9H2,1-4H3. The van der Waals surface area contributed by atoms with Gasteiger partial charge in [-0.15, -0.1) is 0 Å². The third-order valence-electron chi connectivity index (χ3n) is 4.93. The van der Waals surface area contributed by atoms with Crippen molar-refractivity contribution in [3.63, 3.8) is 0 Å². The highest BCUT2D eigenvalue weighted by Gasteiger charge is 2.70. The Morgan fingerprint density at radius 2 is 1.61 bits per heavy atom. The molecule has 2 saturated heterocycles. The minimum atomic E-state index is -0.327. The van der Waals surface area contributed by atoms with E-state index < -0.39 is 0 Å². The van der Waals surface area contributed by atoms with Crippen LogP contribution in [0.5, 0.6) is 0 Å². The van der Waals surface area contributed by atoms with Gasteiger partial charge in [0, 0.05) is 12.8 Å². The molecule has 0 saturated carbocycles. The van der Waals surface area contributed by atoms with Crippen LogP contribution in [0.3, 0.4) is 0 Å². The summed E-state index contributed by atoms with van der Waals surface area (Å²) < 4.78 is 6.06. The summed E-state index contributed by atoms with van der Waals surface area (Å²) in [4.78, 5) is 25.1. The van der Waals surface area contributed by atoms with Crippen LogP contribution >= 0.6 is 0 Å².